The molecule has 0 aliphatic carbocycles. The summed E-state index contributed by atoms with van der Waals surface area (Å²) < 4.78 is 7.48. The van der Waals surface area contributed by atoms with Gasteiger partial charge >= 0.3 is 0 Å². The zero-order chi connectivity index (χ0) is 44.8. The highest BCUT2D eigenvalue weighted by Gasteiger charge is 2.30. The molecule has 0 saturated heterocycles. The Morgan fingerprint density at radius 1 is 0.373 bits per heavy atom. The number of benzene rings is 9. The van der Waals surface area contributed by atoms with E-state index in [0.717, 1.165) is 16.9 Å². The minimum Gasteiger partial charge on any atom is -0.309 e. The van der Waals surface area contributed by atoms with E-state index in [4.69, 9.17) is 4.98 Å². The van der Waals surface area contributed by atoms with Crippen molar-refractivity contribution in [2.24, 2.45) is 0 Å². The maximum absolute atomic E-state index is 5.65. The van der Waals surface area contributed by atoms with E-state index in [1.54, 1.807) is 0 Å². The van der Waals surface area contributed by atoms with E-state index in [2.05, 4.69) is 225 Å². The number of hydrogen-bond donors (Lipinski definition) is 0. The molecule has 0 spiro atoms. The van der Waals surface area contributed by atoms with Crippen molar-refractivity contribution in [3.63, 3.8) is 0 Å². The molecule has 0 bridgehead atoms. The molecule has 318 valence electrons. The lowest BCUT2D eigenvalue weighted by atomic mass is 9.84. The Morgan fingerprint density at radius 3 is 1.75 bits per heavy atom. The summed E-state index contributed by atoms with van der Waals surface area (Å²) in [5.74, 6) is 0. The Morgan fingerprint density at radius 2 is 0.970 bits per heavy atom. The van der Waals surface area contributed by atoms with E-state index in [9.17, 15) is 0 Å². The van der Waals surface area contributed by atoms with Gasteiger partial charge in [0.25, 0.3) is 0 Å². The van der Waals surface area contributed by atoms with Crippen molar-refractivity contribution in [2.45, 2.75) is 52.4 Å². The van der Waals surface area contributed by atoms with Crippen LogP contribution in [-0.4, -0.2) is 18.4 Å². The van der Waals surface area contributed by atoms with Gasteiger partial charge in [0.1, 0.15) is 5.65 Å². The van der Waals surface area contributed by atoms with Gasteiger partial charge in [-0.25, -0.2) is 4.98 Å². The molecule has 4 nitrogen and oxygen atoms in total. The quantitative estimate of drug-likeness (QED) is 0.170. The monoisotopic (exact) mass is 858 g/mol. The first-order valence-electron chi connectivity index (χ1n) is 23.7. The molecule has 0 aliphatic rings. The molecule has 15 rings (SSSR count). The number of nitrogens with zero attached hydrogens (tertiary/aromatic N) is 4. The fourth-order valence-electron chi connectivity index (χ4n) is 12.2. The molecule has 0 radical (unpaired) electrons. The molecule has 15 aromatic rings. The summed E-state index contributed by atoms with van der Waals surface area (Å²) in [5.41, 5.74) is 15.8. The lowest BCUT2D eigenvalue weighted by molar-refractivity contribution is 0.590. The Bertz CT molecular complexity index is 4620. The summed E-state index contributed by atoms with van der Waals surface area (Å²) in [6, 6.07) is 61.7. The fraction of sp³-hybridized carbons (Fsp3) is 0.127. The lowest BCUT2D eigenvalue weighted by Crippen LogP contribution is -2.11. The maximum Gasteiger partial charge on any atom is 0.146 e. The predicted octanol–water partition coefficient (Wildman–Crippen LogP) is 17.0. The Hall–Kier alpha value is -7.95. The number of rotatable bonds is 2. The van der Waals surface area contributed by atoms with Gasteiger partial charge in [-0.3, -0.25) is 4.40 Å². The van der Waals surface area contributed by atoms with Gasteiger partial charge in [-0.05, 0) is 116 Å². The van der Waals surface area contributed by atoms with Crippen molar-refractivity contribution < 1.29 is 0 Å². The Balaban J connectivity index is 1.14. The smallest absolute Gasteiger partial charge is 0.146 e. The zero-order valence-electron chi connectivity index (χ0n) is 38.5. The SMILES string of the molecule is CC(C)(C)c1ccc2c(c1)c1cc(C(C)(C)C)cc3c4c5c6cc7ccccc7c7c8cc9ccccc9c(-c9ccc%10c(c9)c9ccccc9n%10-c9ccccc9)c8n(c5ncc4n2c13)c67. The molecule has 0 saturated carbocycles. The van der Waals surface area contributed by atoms with Crippen molar-refractivity contribution in [2.75, 3.05) is 0 Å². The van der Waals surface area contributed by atoms with Crippen molar-refractivity contribution >= 4 is 120 Å². The summed E-state index contributed by atoms with van der Waals surface area (Å²) in [7, 11) is 0. The second kappa shape index (κ2) is 12.5. The third-order valence-electron chi connectivity index (χ3n) is 15.4. The van der Waals surface area contributed by atoms with E-state index >= 15 is 0 Å². The first-order valence-corrected chi connectivity index (χ1v) is 23.7. The highest BCUT2D eigenvalue weighted by molar-refractivity contribution is 6.39. The Kier molecular flexibility index (Phi) is 6.94. The highest BCUT2D eigenvalue weighted by atomic mass is 15.0. The molecule has 6 aromatic heterocycles. The molecule has 0 atom stereocenters. The third kappa shape index (κ3) is 4.74. The van der Waals surface area contributed by atoms with Gasteiger partial charge < -0.3 is 8.97 Å². The third-order valence-corrected chi connectivity index (χ3v) is 15.4. The molecule has 0 amide bonds. The van der Waals surface area contributed by atoms with Gasteiger partial charge in [0.05, 0.1) is 44.8 Å². The van der Waals surface area contributed by atoms with Crippen molar-refractivity contribution in [1.29, 1.82) is 0 Å². The molecule has 0 aliphatic heterocycles. The summed E-state index contributed by atoms with van der Waals surface area (Å²) in [5, 5.41) is 17.7. The van der Waals surface area contributed by atoms with Crippen LogP contribution >= 0.6 is 0 Å². The van der Waals surface area contributed by atoms with E-state index in [1.807, 2.05) is 0 Å². The van der Waals surface area contributed by atoms with Crippen LogP contribution in [0.1, 0.15) is 52.7 Å². The van der Waals surface area contributed by atoms with Crippen LogP contribution in [0.3, 0.4) is 0 Å². The molecule has 9 aromatic carbocycles. The Labute approximate surface area is 386 Å². The first kappa shape index (κ1) is 37.3. The topological polar surface area (TPSA) is 26.6 Å². The summed E-state index contributed by atoms with van der Waals surface area (Å²) in [6.07, 6.45) is 2.18. The first-order chi connectivity index (χ1) is 32.5. The van der Waals surface area contributed by atoms with E-state index in [0.29, 0.717) is 0 Å². The summed E-state index contributed by atoms with van der Waals surface area (Å²) in [4.78, 5) is 5.65. The minimum atomic E-state index is -0.0537. The van der Waals surface area contributed by atoms with Crippen molar-refractivity contribution in [3.8, 4) is 16.8 Å². The highest BCUT2D eigenvalue weighted by Crippen LogP contribution is 2.52. The molecule has 4 heteroatoms. The van der Waals surface area contributed by atoms with E-state index in [1.165, 1.54) is 131 Å². The molecular weight excluding hydrogens is 813 g/mol. The number of aromatic nitrogens is 4. The van der Waals surface area contributed by atoms with Gasteiger partial charge in [-0.15, -0.1) is 0 Å². The van der Waals surface area contributed by atoms with Crippen molar-refractivity contribution in [3.05, 3.63) is 181 Å². The van der Waals surface area contributed by atoms with Gasteiger partial charge in [0.2, 0.25) is 0 Å². The molecule has 67 heavy (non-hydrogen) atoms. The van der Waals surface area contributed by atoms with Crippen LogP contribution in [-0.2, 0) is 10.8 Å². The molecule has 0 N–H and O–H groups in total. The van der Waals surface area contributed by atoms with Crippen LogP contribution in [0.15, 0.2) is 170 Å². The van der Waals surface area contributed by atoms with Crippen LogP contribution in [0.25, 0.3) is 136 Å². The predicted molar refractivity (Wildman–Crippen MR) is 286 cm³/mol. The van der Waals surface area contributed by atoms with Crippen LogP contribution in [0.2, 0.25) is 0 Å². The zero-order valence-corrected chi connectivity index (χ0v) is 38.5. The van der Waals surface area contributed by atoms with Crippen LogP contribution in [0, 0.1) is 0 Å². The van der Waals surface area contributed by atoms with Crippen molar-refractivity contribution in [1.82, 2.24) is 18.4 Å². The average molecular weight is 859 g/mol. The van der Waals surface area contributed by atoms with Gasteiger partial charge in [0, 0.05) is 65.1 Å². The molecular formula is C63H46N4. The largest absolute Gasteiger partial charge is 0.309 e. The van der Waals surface area contributed by atoms with E-state index < -0.39 is 0 Å². The van der Waals surface area contributed by atoms with Gasteiger partial charge in [-0.2, -0.15) is 0 Å². The number of hydrogen-bond acceptors (Lipinski definition) is 1. The standard InChI is InChI=1S/C63H46N4/c1-62(2,3)38-25-27-52-45(31-38)46-32-39(63(4,5)6)33-49-56-53(66(52)58(46)49)34-64-61-57(56)48-29-36-17-11-13-21-42(36)55-47-28-35-16-10-12-20-41(35)54(59(47)67(61)60(48)55)37-24-26-51-44(30-37)43-22-14-15-23-50(43)65(51)40-18-8-7-9-19-40/h7-34H,1-6H3. The van der Waals surface area contributed by atoms with Gasteiger partial charge in [0.15, 0.2) is 0 Å². The second-order valence-electron chi connectivity index (χ2n) is 21.2. The van der Waals surface area contributed by atoms with Crippen LogP contribution in [0.4, 0.5) is 0 Å². The fourth-order valence-corrected chi connectivity index (χ4v) is 12.2. The molecule has 0 unspecified atom stereocenters. The molecule has 0 fully saturated rings. The second-order valence-corrected chi connectivity index (χ2v) is 21.2. The van der Waals surface area contributed by atoms with E-state index in [-0.39, 0.29) is 10.8 Å². The number of fused-ring (bicyclic) bond motifs is 19. The minimum absolute atomic E-state index is 0.0339. The molecule has 6 heterocycles. The lowest BCUT2D eigenvalue weighted by Gasteiger charge is -2.20. The van der Waals surface area contributed by atoms with Crippen LogP contribution in [0.5, 0.6) is 0 Å². The summed E-state index contributed by atoms with van der Waals surface area (Å²) >= 11 is 0. The summed E-state index contributed by atoms with van der Waals surface area (Å²) in [6.45, 7) is 14.0. The van der Waals surface area contributed by atoms with Crippen LogP contribution < -0.4 is 0 Å². The maximum atomic E-state index is 5.65. The normalized spacial score (nSPS) is 13.2. The number of pyridine rings is 1. The van der Waals surface area contributed by atoms with Gasteiger partial charge in [-0.1, -0.05) is 139 Å². The number of para-hydroxylation sites is 2. The average Bonchev–Trinajstić information content (AvgIpc) is 4.12.